The SMILES string of the molecule is COc1cccc(NC(=O)C(Sc2ccc(F)c(F)c2)c2ccccc2)c1. The summed E-state index contributed by atoms with van der Waals surface area (Å²) in [5.74, 6) is -1.52. The quantitative estimate of drug-likeness (QED) is 0.574. The van der Waals surface area contributed by atoms with Crippen molar-refractivity contribution in [1.29, 1.82) is 0 Å². The number of anilines is 1. The molecule has 1 amide bonds. The molecule has 0 heterocycles. The van der Waals surface area contributed by atoms with Crippen LogP contribution in [0.25, 0.3) is 0 Å². The summed E-state index contributed by atoms with van der Waals surface area (Å²) in [4.78, 5) is 13.4. The number of methoxy groups -OCH3 is 1. The molecule has 3 aromatic carbocycles. The zero-order chi connectivity index (χ0) is 19.2. The first kappa shape index (κ1) is 18.9. The van der Waals surface area contributed by atoms with Gasteiger partial charge in [0.15, 0.2) is 11.6 Å². The zero-order valence-electron chi connectivity index (χ0n) is 14.5. The number of rotatable bonds is 6. The highest BCUT2D eigenvalue weighted by molar-refractivity contribution is 8.00. The standard InChI is InChI=1S/C21H17F2NO2S/c1-26-16-9-5-8-15(12-16)24-21(25)20(14-6-3-2-4-7-14)27-17-10-11-18(22)19(23)13-17/h2-13,20H,1H3,(H,24,25). The van der Waals surface area contributed by atoms with Crippen LogP contribution < -0.4 is 10.1 Å². The average molecular weight is 385 g/mol. The van der Waals surface area contributed by atoms with Gasteiger partial charge in [-0.15, -0.1) is 11.8 Å². The summed E-state index contributed by atoms with van der Waals surface area (Å²) in [7, 11) is 1.55. The fourth-order valence-corrected chi connectivity index (χ4v) is 3.55. The Morgan fingerprint density at radius 3 is 2.44 bits per heavy atom. The van der Waals surface area contributed by atoms with Crippen LogP contribution in [0.1, 0.15) is 10.8 Å². The van der Waals surface area contributed by atoms with E-state index in [9.17, 15) is 13.6 Å². The van der Waals surface area contributed by atoms with Gasteiger partial charge in [-0.2, -0.15) is 0 Å². The number of nitrogens with one attached hydrogen (secondary N) is 1. The molecule has 1 unspecified atom stereocenters. The number of thioether (sulfide) groups is 1. The predicted molar refractivity (Wildman–Crippen MR) is 103 cm³/mol. The molecule has 3 aromatic rings. The lowest BCUT2D eigenvalue weighted by atomic mass is 10.1. The van der Waals surface area contributed by atoms with E-state index in [1.165, 1.54) is 6.07 Å². The number of amides is 1. The van der Waals surface area contributed by atoms with Crippen molar-refractivity contribution < 1.29 is 18.3 Å². The molecule has 0 aliphatic carbocycles. The van der Waals surface area contributed by atoms with Crippen molar-refractivity contribution in [3.63, 3.8) is 0 Å². The minimum atomic E-state index is -0.944. The number of carbonyl (C=O) groups excluding carboxylic acids is 1. The lowest BCUT2D eigenvalue weighted by molar-refractivity contribution is -0.115. The van der Waals surface area contributed by atoms with Gasteiger partial charge in [-0.05, 0) is 35.9 Å². The van der Waals surface area contributed by atoms with Crippen molar-refractivity contribution in [2.45, 2.75) is 10.1 Å². The van der Waals surface area contributed by atoms with E-state index in [0.29, 0.717) is 16.3 Å². The van der Waals surface area contributed by atoms with Crippen LogP contribution in [0.5, 0.6) is 5.75 Å². The van der Waals surface area contributed by atoms with Crippen LogP contribution in [0.15, 0.2) is 77.7 Å². The summed E-state index contributed by atoms with van der Waals surface area (Å²) in [6.07, 6.45) is 0. The number of ether oxygens (including phenoxy) is 1. The first-order valence-corrected chi connectivity index (χ1v) is 9.06. The number of hydrogen-bond acceptors (Lipinski definition) is 3. The normalized spacial score (nSPS) is 11.7. The van der Waals surface area contributed by atoms with Gasteiger partial charge in [0.25, 0.3) is 0 Å². The van der Waals surface area contributed by atoms with E-state index in [2.05, 4.69) is 5.32 Å². The highest BCUT2D eigenvalue weighted by Crippen LogP contribution is 2.37. The Balaban J connectivity index is 1.87. The van der Waals surface area contributed by atoms with Crippen LogP contribution in [-0.4, -0.2) is 13.0 Å². The Morgan fingerprint density at radius 2 is 1.74 bits per heavy atom. The lowest BCUT2D eigenvalue weighted by Crippen LogP contribution is -2.19. The van der Waals surface area contributed by atoms with E-state index in [1.807, 2.05) is 30.3 Å². The molecule has 0 aromatic heterocycles. The van der Waals surface area contributed by atoms with Gasteiger partial charge in [-0.3, -0.25) is 4.79 Å². The molecule has 3 rings (SSSR count). The monoisotopic (exact) mass is 385 g/mol. The molecule has 0 aliphatic rings. The molecular formula is C21H17F2NO2S. The van der Waals surface area contributed by atoms with Gasteiger partial charge in [-0.1, -0.05) is 36.4 Å². The van der Waals surface area contributed by atoms with E-state index >= 15 is 0 Å². The molecular weight excluding hydrogens is 368 g/mol. The van der Waals surface area contributed by atoms with Crippen LogP contribution >= 0.6 is 11.8 Å². The Hall–Kier alpha value is -2.86. The maximum Gasteiger partial charge on any atom is 0.242 e. The second-order valence-electron chi connectivity index (χ2n) is 5.71. The Kier molecular flexibility index (Phi) is 6.08. The largest absolute Gasteiger partial charge is 0.497 e. The molecule has 1 N–H and O–H groups in total. The molecule has 0 saturated heterocycles. The molecule has 0 aliphatic heterocycles. The third-order valence-corrected chi connectivity index (χ3v) is 5.07. The Bertz CT molecular complexity index is 934. The molecule has 1 atom stereocenters. The second kappa shape index (κ2) is 8.68. The van der Waals surface area contributed by atoms with Gasteiger partial charge in [0, 0.05) is 16.6 Å². The molecule has 0 radical (unpaired) electrons. The van der Waals surface area contributed by atoms with E-state index < -0.39 is 16.9 Å². The van der Waals surface area contributed by atoms with Crippen molar-refractivity contribution in [1.82, 2.24) is 0 Å². The number of benzene rings is 3. The smallest absolute Gasteiger partial charge is 0.242 e. The maximum atomic E-state index is 13.6. The molecule has 0 bridgehead atoms. The zero-order valence-corrected chi connectivity index (χ0v) is 15.3. The van der Waals surface area contributed by atoms with Gasteiger partial charge >= 0.3 is 0 Å². The molecule has 27 heavy (non-hydrogen) atoms. The predicted octanol–water partition coefficient (Wildman–Crippen LogP) is 5.45. The number of carbonyl (C=O) groups is 1. The molecule has 138 valence electrons. The fourth-order valence-electron chi connectivity index (χ4n) is 2.50. The van der Waals surface area contributed by atoms with E-state index in [0.717, 1.165) is 29.5 Å². The first-order chi connectivity index (χ1) is 13.1. The molecule has 0 saturated carbocycles. The maximum absolute atomic E-state index is 13.6. The fraction of sp³-hybridized carbons (Fsp3) is 0.0952. The van der Waals surface area contributed by atoms with Crippen LogP contribution in [0.2, 0.25) is 0 Å². The summed E-state index contributed by atoms with van der Waals surface area (Å²) in [6.45, 7) is 0. The van der Waals surface area contributed by atoms with Crippen LogP contribution in [0, 0.1) is 11.6 Å². The summed E-state index contributed by atoms with van der Waals surface area (Å²) in [5, 5.41) is 2.22. The Labute approximate surface area is 160 Å². The number of hydrogen-bond donors (Lipinski definition) is 1. The van der Waals surface area contributed by atoms with Gasteiger partial charge in [0.2, 0.25) is 5.91 Å². The highest BCUT2D eigenvalue weighted by atomic mass is 32.2. The summed E-state index contributed by atoms with van der Waals surface area (Å²) < 4.78 is 31.9. The van der Waals surface area contributed by atoms with Gasteiger partial charge in [0.05, 0.1) is 7.11 Å². The topological polar surface area (TPSA) is 38.3 Å². The third kappa shape index (κ3) is 4.86. The van der Waals surface area contributed by atoms with Gasteiger partial charge in [-0.25, -0.2) is 8.78 Å². The lowest BCUT2D eigenvalue weighted by Gasteiger charge is -2.17. The summed E-state index contributed by atoms with van der Waals surface area (Å²) in [5.41, 5.74) is 1.35. The Morgan fingerprint density at radius 1 is 0.963 bits per heavy atom. The molecule has 0 spiro atoms. The van der Waals surface area contributed by atoms with Gasteiger partial charge < -0.3 is 10.1 Å². The molecule has 3 nitrogen and oxygen atoms in total. The minimum absolute atomic E-state index is 0.274. The highest BCUT2D eigenvalue weighted by Gasteiger charge is 2.23. The van der Waals surface area contributed by atoms with Crippen LogP contribution in [0.3, 0.4) is 0 Å². The number of halogens is 2. The minimum Gasteiger partial charge on any atom is -0.497 e. The van der Waals surface area contributed by atoms with Crippen molar-refractivity contribution in [3.05, 3.63) is 90.0 Å². The van der Waals surface area contributed by atoms with Gasteiger partial charge in [0.1, 0.15) is 11.0 Å². The average Bonchev–Trinajstić information content (AvgIpc) is 2.69. The van der Waals surface area contributed by atoms with Crippen LogP contribution in [0.4, 0.5) is 14.5 Å². The van der Waals surface area contributed by atoms with E-state index in [1.54, 1.807) is 31.4 Å². The van der Waals surface area contributed by atoms with Crippen molar-refractivity contribution in [2.75, 3.05) is 12.4 Å². The molecule has 0 fully saturated rings. The van der Waals surface area contributed by atoms with Crippen molar-refractivity contribution in [2.24, 2.45) is 0 Å². The summed E-state index contributed by atoms with van der Waals surface area (Å²) in [6, 6.07) is 19.8. The molecule has 6 heteroatoms. The first-order valence-electron chi connectivity index (χ1n) is 8.18. The second-order valence-corrected chi connectivity index (χ2v) is 6.88. The van der Waals surface area contributed by atoms with Crippen molar-refractivity contribution >= 4 is 23.4 Å². The third-order valence-electron chi connectivity index (χ3n) is 3.82. The van der Waals surface area contributed by atoms with E-state index in [4.69, 9.17) is 4.74 Å². The van der Waals surface area contributed by atoms with Crippen LogP contribution in [-0.2, 0) is 4.79 Å². The van der Waals surface area contributed by atoms with Crippen molar-refractivity contribution in [3.8, 4) is 5.75 Å². The summed E-state index contributed by atoms with van der Waals surface area (Å²) >= 11 is 1.15. The van der Waals surface area contributed by atoms with E-state index in [-0.39, 0.29) is 5.91 Å².